The van der Waals surface area contributed by atoms with Crippen molar-refractivity contribution in [1.29, 1.82) is 0 Å². The summed E-state index contributed by atoms with van der Waals surface area (Å²) in [6, 6.07) is -0.596. The second kappa shape index (κ2) is 18.0. The Morgan fingerprint density at radius 2 is 1.14 bits per heavy atom. The lowest BCUT2D eigenvalue weighted by molar-refractivity contribution is 0.214. The smallest absolute Gasteiger partial charge is 0.327 e. The Balaban J connectivity index is 3.35. The van der Waals surface area contributed by atoms with Crippen LogP contribution in [0.3, 0.4) is 0 Å². The largest absolute Gasteiger partial charge is 0.331 e. The molecule has 0 fully saturated rings. The quantitative estimate of drug-likeness (QED) is 0.249. The van der Waals surface area contributed by atoms with Gasteiger partial charge in [-0.15, -0.1) is 0 Å². The number of nitrogens with zero attached hydrogens (tertiary/aromatic N) is 1. The lowest BCUT2D eigenvalue weighted by Gasteiger charge is -2.16. The third-order valence-electron chi connectivity index (χ3n) is 5.14. The molecule has 2 amide bonds. The number of rotatable bonds is 19. The number of amides is 2. The van der Waals surface area contributed by atoms with Gasteiger partial charge in [0.1, 0.15) is 0 Å². The Labute approximate surface area is 174 Å². The number of unbranched alkanes of at least 4 members (excludes halogenated alkanes) is 15. The minimum absolute atomic E-state index is 0.566. The highest BCUT2D eigenvalue weighted by atomic mass is 32.2. The van der Waals surface area contributed by atoms with Crippen molar-refractivity contribution in [3.63, 3.8) is 0 Å². The first kappa shape index (κ1) is 27.0. The fourth-order valence-electron chi connectivity index (χ4n) is 3.24. The minimum atomic E-state index is -3.70. The molecule has 0 aliphatic rings. The average Bonchev–Trinajstić information content (AvgIpc) is 2.67. The summed E-state index contributed by atoms with van der Waals surface area (Å²) >= 11 is 0. The number of nitrogens with one attached hydrogen (secondary N) is 1. The molecule has 28 heavy (non-hydrogen) atoms. The van der Waals surface area contributed by atoms with Gasteiger partial charge in [0, 0.05) is 19.0 Å². The molecule has 0 aromatic carbocycles. The molecular weight excluding hydrogens is 372 g/mol. The number of sulfonamides is 1. The molecule has 5 nitrogen and oxygen atoms in total. The van der Waals surface area contributed by atoms with Gasteiger partial charge in [0.2, 0.25) is 0 Å². The van der Waals surface area contributed by atoms with Crippen LogP contribution in [0.1, 0.15) is 110 Å². The molecule has 0 aliphatic carbocycles. The summed E-state index contributed by atoms with van der Waals surface area (Å²) in [6.45, 7) is 6.00. The second-order valence-electron chi connectivity index (χ2n) is 7.84. The number of carbonyl (C=O) groups excluding carboxylic acids is 1. The van der Waals surface area contributed by atoms with Crippen molar-refractivity contribution in [2.75, 3.05) is 13.6 Å². The van der Waals surface area contributed by atoms with Crippen molar-refractivity contribution >= 4 is 16.1 Å². The van der Waals surface area contributed by atoms with Crippen molar-refractivity contribution in [2.45, 2.75) is 110 Å². The molecule has 0 saturated heterocycles. The first-order chi connectivity index (χ1) is 13.4. The first-order valence-electron chi connectivity index (χ1n) is 11.3. The van der Waals surface area contributed by atoms with E-state index in [1.165, 1.54) is 94.8 Å². The van der Waals surface area contributed by atoms with E-state index in [1.807, 2.05) is 4.72 Å². The normalized spacial score (nSPS) is 11.4. The molecule has 0 aliphatic heterocycles. The van der Waals surface area contributed by atoms with Crippen LogP contribution < -0.4 is 4.72 Å². The van der Waals surface area contributed by atoms with Gasteiger partial charge in [0.15, 0.2) is 0 Å². The van der Waals surface area contributed by atoms with Crippen molar-refractivity contribution < 1.29 is 13.2 Å². The zero-order valence-corrected chi connectivity index (χ0v) is 19.2. The van der Waals surface area contributed by atoms with E-state index in [0.717, 1.165) is 18.2 Å². The average molecular weight is 417 g/mol. The summed E-state index contributed by atoms with van der Waals surface area (Å²) in [7, 11) is -2.09. The monoisotopic (exact) mass is 416 g/mol. The van der Waals surface area contributed by atoms with E-state index in [4.69, 9.17) is 0 Å². The van der Waals surface area contributed by atoms with Crippen LogP contribution in [0.4, 0.5) is 4.79 Å². The Morgan fingerprint density at radius 3 is 1.50 bits per heavy atom. The second-order valence-corrected chi connectivity index (χ2v) is 9.47. The van der Waals surface area contributed by atoms with Crippen LogP contribution in [0, 0.1) is 0 Å². The molecule has 0 bridgehead atoms. The van der Waals surface area contributed by atoms with E-state index in [2.05, 4.69) is 13.5 Å². The molecule has 0 radical (unpaired) electrons. The summed E-state index contributed by atoms with van der Waals surface area (Å²) in [6.07, 6.45) is 20.9. The molecule has 0 aromatic rings. The minimum Gasteiger partial charge on any atom is -0.327 e. The van der Waals surface area contributed by atoms with Gasteiger partial charge >= 0.3 is 6.03 Å². The summed E-state index contributed by atoms with van der Waals surface area (Å²) < 4.78 is 24.5. The van der Waals surface area contributed by atoms with Crippen LogP contribution in [0.25, 0.3) is 0 Å². The van der Waals surface area contributed by atoms with Crippen molar-refractivity contribution in [2.24, 2.45) is 0 Å². The van der Waals surface area contributed by atoms with E-state index in [0.29, 0.717) is 6.54 Å². The lowest BCUT2D eigenvalue weighted by Crippen LogP contribution is -2.40. The summed E-state index contributed by atoms with van der Waals surface area (Å²) in [5.41, 5.74) is 0. The molecule has 0 atom stereocenters. The van der Waals surface area contributed by atoms with Gasteiger partial charge in [-0.2, -0.15) is 0 Å². The topological polar surface area (TPSA) is 66.5 Å². The van der Waals surface area contributed by atoms with Crippen molar-refractivity contribution in [1.82, 2.24) is 9.62 Å². The Kier molecular flexibility index (Phi) is 17.3. The highest BCUT2D eigenvalue weighted by Crippen LogP contribution is 2.13. The maximum absolute atomic E-state index is 11.7. The van der Waals surface area contributed by atoms with Crippen molar-refractivity contribution in [3.05, 3.63) is 12.0 Å². The molecule has 6 heteroatoms. The van der Waals surface area contributed by atoms with Crippen LogP contribution in [0.15, 0.2) is 12.0 Å². The third kappa shape index (κ3) is 17.1. The van der Waals surface area contributed by atoms with Gasteiger partial charge in [-0.3, -0.25) is 0 Å². The highest BCUT2D eigenvalue weighted by molar-refractivity contribution is 7.92. The number of carbonyl (C=O) groups is 1. The molecule has 166 valence electrons. The van der Waals surface area contributed by atoms with Gasteiger partial charge in [-0.1, -0.05) is 110 Å². The third-order valence-corrected chi connectivity index (χ3v) is 6.04. The van der Waals surface area contributed by atoms with E-state index >= 15 is 0 Å². The van der Waals surface area contributed by atoms with Crippen LogP contribution >= 0.6 is 0 Å². The van der Waals surface area contributed by atoms with E-state index in [1.54, 1.807) is 7.05 Å². The molecular formula is C22H44N2O3S. The fourth-order valence-corrected chi connectivity index (χ4v) is 3.72. The van der Waals surface area contributed by atoms with Crippen molar-refractivity contribution in [3.8, 4) is 0 Å². The van der Waals surface area contributed by atoms with Gasteiger partial charge < -0.3 is 4.90 Å². The Hall–Kier alpha value is -1.04. The Bertz CT molecular complexity index is 492. The van der Waals surface area contributed by atoms with E-state index < -0.39 is 16.1 Å². The molecule has 0 saturated carbocycles. The molecule has 0 aromatic heterocycles. The van der Waals surface area contributed by atoms with Crippen LogP contribution in [-0.4, -0.2) is 32.9 Å². The summed E-state index contributed by atoms with van der Waals surface area (Å²) in [5, 5.41) is 0.743. The lowest BCUT2D eigenvalue weighted by atomic mass is 10.0. The van der Waals surface area contributed by atoms with E-state index in [9.17, 15) is 13.2 Å². The number of urea groups is 1. The summed E-state index contributed by atoms with van der Waals surface area (Å²) in [4.78, 5) is 13.1. The Morgan fingerprint density at radius 1 is 0.786 bits per heavy atom. The first-order valence-corrected chi connectivity index (χ1v) is 12.9. The maximum Gasteiger partial charge on any atom is 0.331 e. The fraction of sp³-hybridized carbons (Fsp3) is 0.864. The van der Waals surface area contributed by atoms with Crippen LogP contribution in [-0.2, 0) is 10.0 Å². The van der Waals surface area contributed by atoms with Gasteiger partial charge in [-0.05, 0) is 6.42 Å². The zero-order chi connectivity index (χ0) is 21.1. The molecule has 0 spiro atoms. The molecule has 0 heterocycles. The standard InChI is InChI=1S/C22H44N2O3S/c1-4-6-7-8-9-10-11-12-13-14-15-16-17-18-19-20-21-24(3)22(25)23-28(26,27)5-2/h5H,2,4,6-21H2,1,3H3,(H,23,25). The number of hydrogen-bond donors (Lipinski definition) is 1. The van der Waals surface area contributed by atoms with Crippen LogP contribution in [0.2, 0.25) is 0 Å². The maximum atomic E-state index is 11.7. The molecule has 0 unspecified atom stereocenters. The SMILES string of the molecule is C=CS(=O)(=O)NC(=O)N(C)CCCCCCCCCCCCCCCCCC. The predicted molar refractivity (Wildman–Crippen MR) is 120 cm³/mol. The van der Waals surface area contributed by atoms with Gasteiger partial charge in [0.25, 0.3) is 10.0 Å². The number of hydrogen-bond acceptors (Lipinski definition) is 3. The van der Waals surface area contributed by atoms with Gasteiger partial charge in [-0.25, -0.2) is 17.9 Å². The van der Waals surface area contributed by atoms with Crippen LogP contribution in [0.5, 0.6) is 0 Å². The summed E-state index contributed by atoms with van der Waals surface area (Å²) in [5.74, 6) is 0. The zero-order valence-electron chi connectivity index (χ0n) is 18.4. The van der Waals surface area contributed by atoms with E-state index in [-0.39, 0.29) is 0 Å². The predicted octanol–water partition coefficient (Wildman–Crippen LogP) is 6.36. The highest BCUT2D eigenvalue weighted by Gasteiger charge is 2.13. The van der Waals surface area contributed by atoms with Gasteiger partial charge in [0.05, 0.1) is 0 Å². The molecule has 0 rings (SSSR count). The molecule has 1 N–H and O–H groups in total.